The molecule has 3 N–H and O–H groups in total. The summed E-state index contributed by atoms with van der Waals surface area (Å²) in [5.74, 6) is 5.43. The quantitative estimate of drug-likeness (QED) is 0.771. The minimum Gasteiger partial charge on any atom is -0.355 e. The van der Waals surface area contributed by atoms with Gasteiger partial charge in [0.1, 0.15) is 5.82 Å². The maximum Gasteiger partial charge on any atom is 0.221 e. The molecule has 0 atom stereocenters. The zero-order valence-corrected chi connectivity index (χ0v) is 11.3. The van der Waals surface area contributed by atoms with Crippen LogP contribution in [0.3, 0.4) is 0 Å². The fourth-order valence-corrected chi connectivity index (χ4v) is 2.16. The number of halogens is 1. The van der Waals surface area contributed by atoms with E-state index in [0.29, 0.717) is 31.6 Å². The molecule has 1 heterocycles. The van der Waals surface area contributed by atoms with Crippen molar-refractivity contribution in [2.24, 2.45) is 5.73 Å². The van der Waals surface area contributed by atoms with Crippen molar-refractivity contribution in [3.05, 3.63) is 35.1 Å². The van der Waals surface area contributed by atoms with E-state index in [1.807, 2.05) is 0 Å². The van der Waals surface area contributed by atoms with Crippen molar-refractivity contribution >= 4 is 5.91 Å². The predicted molar refractivity (Wildman–Crippen MR) is 75.2 cm³/mol. The van der Waals surface area contributed by atoms with Gasteiger partial charge in [0.05, 0.1) is 6.54 Å². The fourth-order valence-electron chi connectivity index (χ4n) is 2.16. The second-order valence-corrected chi connectivity index (χ2v) is 4.68. The van der Waals surface area contributed by atoms with Gasteiger partial charge in [0.25, 0.3) is 0 Å². The van der Waals surface area contributed by atoms with Crippen LogP contribution in [0.1, 0.15) is 17.5 Å². The second kappa shape index (κ2) is 7.04. The molecule has 5 heteroatoms. The average molecular weight is 275 g/mol. The zero-order valence-electron chi connectivity index (χ0n) is 11.3. The van der Waals surface area contributed by atoms with Gasteiger partial charge in [-0.2, -0.15) is 0 Å². The molecule has 2 rings (SSSR count). The molecule has 4 nitrogen and oxygen atoms in total. The van der Waals surface area contributed by atoms with Crippen molar-refractivity contribution in [1.29, 1.82) is 0 Å². The van der Waals surface area contributed by atoms with E-state index in [0.717, 1.165) is 12.1 Å². The van der Waals surface area contributed by atoms with Gasteiger partial charge < -0.3 is 11.1 Å². The Balaban J connectivity index is 2.13. The number of amides is 1. The topological polar surface area (TPSA) is 58.4 Å². The van der Waals surface area contributed by atoms with Crippen molar-refractivity contribution in [3.63, 3.8) is 0 Å². The standard InChI is InChI=1S/C15H18FN3O/c16-14-4-3-13(12(10-14)2-1-6-17)11-19-8-5-15(20)18-7-9-19/h3-4,10H,5-9,11,17H2,(H,18,20). The summed E-state index contributed by atoms with van der Waals surface area (Å²) in [4.78, 5) is 13.5. The van der Waals surface area contributed by atoms with Crippen molar-refractivity contribution in [2.45, 2.75) is 13.0 Å². The van der Waals surface area contributed by atoms with E-state index in [9.17, 15) is 9.18 Å². The monoisotopic (exact) mass is 275 g/mol. The summed E-state index contributed by atoms with van der Waals surface area (Å²) in [5.41, 5.74) is 6.99. The average Bonchev–Trinajstić information content (AvgIpc) is 2.64. The third kappa shape index (κ3) is 4.05. The Bertz CT molecular complexity index is 548. The van der Waals surface area contributed by atoms with Crippen LogP contribution < -0.4 is 11.1 Å². The molecule has 20 heavy (non-hydrogen) atoms. The first kappa shape index (κ1) is 14.5. The van der Waals surface area contributed by atoms with Gasteiger partial charge in [-0.05, 0) is 17.7 Å². The van der Waals surface area contributed by atoms with Crippen molar-refractivity contribution in [2.75, 3.05) is 26.2 Å². The molecule has 1 fully saturated rings. The van der Waals surface area contributed by atoms with Crippen LogP contribution in [0.15, 0.2) is 18.2 Å². The normalized spacial score (nSPS) is 16.0. The molecule has 0 bridgehead atoms. The lowest BCUT2D eigenvalue weighted by atomic mass is 10.1. The highest BCUT2D eigenvalue weighted by atomic mass is 19.1. The molecule has 0 radical (unpaired) electrons. The number of nitrogens with one attached hydrogen (secondary N) is 1. The number of benzene rings is 1. The van der Waals surface area contributed by atoms with Crippen LogP contribution in [0.5, 0.6) is 0 Å². The van der Waals surface area contributed by atoms with Gasteiger partial charge >= 0.3 is 0 Å². The van der Waals surface area contributed by atoms with Crippen LogP contribution >= 0.6 is 0 Å². The number of carbonyl (C=O) groups is 1. The second-order valence-electron chi connectivity index (χ2n) is 4.68. The maximum absolute atomic E-state index is 13.3. The van der Waals surface area contributed by atoms with Gasteiger partial charge in [0.2, 0.25) is 5.91 Å². The Hall–Kier alpha value is -1.90. The van der Waals surface area contributed by atoms with Crippen molar-refractivity contribution in [1.82, 2.24) is 10.2 Å². The van der Waals surface area contributed by atoms with Gasteiger partial charge in [-0.25, -0.2) is 4.39 Å². The molecule has 0 unspecified atom stereocenters. The van der Waals surface area contributed by atoms with Gasteiger partial charge in [-0.15, -0.1) is 0 Å². The summed E-state index contributed by atoms with van der Waals surface area (Å²) >= 11 is 0. The number of carbonyl (C=O) groups excluding carboxylic acids is 1. The van der Waals surface area contributed by atoms with E-state index in [-0.39, 0.29) is 18.3 Å². The number of hydrogen-bond acceptors (Lipinski definition) is 3. The molecule has 1 amide bonds. The van der Waals surface area contributed by atoms with Crippen LogP contribution in [-0.2, 0) is 11.3 Å². The fraction of sp³-hybridized carbons (Fsp3) is 0.400. The summed E-state index contributed by atoms with van der Waals surface area (Å²) in [6, 6.07) is 4.61. The van der Waals surface area contributed by atoms with Gasteiger partial charge in [-0.1, -0.05) is 17.9 Å². The Labute approximate surface area is 118 Å². The third-order valence-corrected chi connectivity index (χ3v) is 3.20. The Morgan fingerprint density at radius 3 is 3.05 bits per heavy atom. The van der Waals surface area contributed by atoms with Crippen LogP contribution in [-0.4, -0.2) is 37.0 Å². The molecular formula is C15H18FN3O. The highest BCUT2D eigenvalue weighted by molar-refractivity contribution is 5.76. The molecule has 1 aliphatic rings. The molecule has 1 aliphatic heterocycles. The first-order valence-electron chi connectivity index (χ1n) is 6.65. The first-order chi connectivity index (χ1) is 9.69. The molecule has 0 saturated carbocycles. The van der Waals surface area contributed by atoms with E-state index >= 15 is 0 Å². The summed E-state index contributed by atoms with van der Waals surface area (Å²) in [6.45, 7) is 3.03. The van der Waals surface area contributed by atoms with Crippen LogP contribution in [0, 0.1) is 17.7 Å². The lowest BCUT2D eigenvalue weighted by Crippen LogP contribution is -2.28. The first-order valence-corrected chi connectivity index (χ1v) is 6.65. The number of nitrogens with two attached hydrogens (primary N) is 1. The Morgan fingerprint density at radius 1 is 1.40 bits per heavy atom. The van der Waals surface area contributed by atoms with E-state index < -0.39 is 0 Å². The Kier molecular flexibility index (Phi) is 5.10. The molecule has 106 valence electrons. The highest BCUT2D eigenvalue weighted by Crippen LogP contribution is 2.14. The summed E-state index contributed by atoms with van der Waals surface area (Å²) in [5, 5.41) is 2.83. The summed E-state index contributed by atoms with van der Waals surface area (Å²) < 4.78 is 13.3. The smallest absolute Gasteiger partial charge is 0.221 e. The van der Waals surface area contributed by atoms with Crippen molar-refractivity contribution in [3.8, 4) is 11.8 Å². The van der Waals surface area contributed by atoms with Gasteiger partial charge in [0, 0.05) is 38.2 Å². The predicted octanol–water partition coefficient (Wildman–Crippen LogP) is 0.458. The Morgan fingerprint density at radius 2 is 2.25 bits per heavy atom. The summed E-state index contributed by atoms with van der Waals surface area (Å²) in [7, 11) is 0. The molecule has 1 aromatic rings. The lowest BCUT2D eigenvalue weighted by Gasteiger charge is -2.19. The van der Waals surface area contributed by atoms with E-state index in [1.165, 1.54) is 12.1 Å². The van der Waals surface area contributed by atoms with Crippen LogP contribution in [0.4, 0.5) is 4.39 Å². The molecule has 0 aliphatic carbocycles. The maximum atomic E-state index is 13.3. The van der Waals surface area contributed by atoms with E-state index in [4.69, 9.17) is 5.73 Å². The van der Waals surface area contributed by atoms with Crippen molar-refractivity contribution < 1.29 is 9.18 Å². The van der Waals surface area contributed by atoms with Gasteiger partial charge in [-0.3, -0.25) is 9.69 Å². The minimum atomic E-state index is -0.303. The van der Waals surface area contributed by atoms with Crippen LogP contribution in [0.25, 0.3) is 0 Å². The van der Waals surface area contributed by atoms with E-state index in [1.54, 1.807) is 6.07 Å². The third-order valence-electron chi connectivity index (χ3n) is 3.20. The van der Waals surface area contributed by atoms with E-state index in [2.05, 4.69) is 22.1 Å². The number of rotatable bonds is 2. The number of hydrogen-bond donors (Lipinski definition) is 2. The molecule has 1 aromatic carbocycles. The van der Waals surface area contributed by atoms with Gasteiger partial charge in [0.15, 0.2) is 0 Å². The summed E-state index contributed by atoms with van der Waals surface area (Å²) in [6.07, 6.45) is 0.491. The molecule has 1 saturated heterocycles. The molecular weight excluding hydrogens is 257 g/mol. The molecule has 0 spiro atoms. The lowest BCUT2D eigenvalue weighted by molar-refractivity contribution is -0.120. The molecule has 0 aromatic heterocycles. The number of nitrogens with zero attached hydrogens (tertiary/aromatic N) is 1. The minimum absolute atomic E-state index is 0.0785. The highest BCUT2D eigenvalue weighted by Gasteiger charge is 2.14. The van der Waals surface area contributed by atoms with Crippen LogP contribution in [0.2, 0.25) is 0 Å². The SMILES string of the molecule is NCC#Cc1cc(F)ccc1CN1CCNC(=O)CC1. The largest absolute Gasteiger partial charge is 0.355 e. The zero-order chi connectivity index (χ0) is 14.4.